The van der Waals surface area contributed by atoms with Crippen LogP contribution in [-0.2, 0) is 14.4 Å². The minimum absolute atomic E-state index is 0.0382. The first-order valence-corrected chi connectivity index (χ1v) is 11.4. The Labute approximate surface area is 198 Å². The van der Waals surface area contributed by atoms with Crippen LogP contribution in [0.25, 0.3) is 0 Å². The van der Waals surface area contributed by atoms with Crippen molar-refractivity contribution in [3.8, 4) is 11.5 Å². The first-order valence-electron chi connectivity index (χ1n) is 11.4. The summed E-state index contributed by atoms with van der Waals surface area (Å²) in [6.45, 7) is 2.38. The molecule has 0 aliphatic heterocycles. The summed E-state index contributed by atoms with van der Waals surface area (Å²) >= 11 is 0. The Kier molecular flexibility index (Phi) is 9.45. The Morgan fingerprint density at radius 3 is 2.24 bits per heavy atom. The molecule has 1 fully saturated rings. The summed E-state index contributed by atoms with van der Waals surface area (Å²) in [5.41, 5.74) is 3.34. The standard InChI is InChI=1S/C25H30N4O5/c1-2-33-21-14-10-20(11-15-21)28-24(31)25(32)29-26-16-18-8-12-22(13-9-18)34-17-23(30)27-19-6-4-3-5-7-19/h8-16,19H,2-7,17H2,1H3,(H,27,30)(H,28,31)(H,29,32)/b26-16-. The molecule has 3 amide bonds. The van der Waals surface area contributed by atoms with Crippen molar-refractivity contribution >= 4 is 29.6 Å². The smallest absolute Gasteiger partial charge is 0.329 e. The van der Waals surface area contributed by atoms with Gasteiger partial charge in [0.15, 0.2) is 6.61 Å². The lowest BCUT2D eigenvalue weighted by Gasteiger charge is -2.22. The second kappa shape index (κ2) is 13.0. The number of anilines is 1. The van der Waals surface area contributed by atoms with Gasteiger partial charge in [0, 0.05) is 11.7 Å². The normalized spacial score (nSPS) is 13.8. The monoisotopic (exact) mass is 466 g/mol. The van der Waals surface area contributed by atoms with Crippen LogP contribution in [0.4, 0.5) is 5.69 Å². The van der Waals surface area contributed by atoms with Gasteiger partial charge in [-0.3, -0.25) is 14.4 Å². The molecule has 9 heteroatoms. The van der Waals surface area contributed by atoms with Gasteiger partial charge in [-0.15, -0.1) is 0 Å². The first-order chi connectivity index (χ1) is 16.5. The summed E-state index contributed by atoms with van der Waals surface area (Å²) in [5, 5.41) is 9.29. The summed E-state index contributed by atoms with van der Waals surface area (Å²) in [6.07, 6.45) is 7.01. The molecule has 0 spiro atoms. The zero-order chi connectivity index (χ0) is 24.2. The third kappa shape index (κ3) is 8.23. The quantitative estimate of drug-likeness (QED) is 0.298. The van der Waals surface area contributed by atoms with E-state index >= 15 is 0 Å². The van der Waals surface area contributed by atoms with Gasteiger partial charge in [-0.1, -0.05) is 19.3 Å². The highest BCUT2D eigenvalue weighted by molar-refractivity contribution is 6.39. The molecule has 0 heterocycles. The van der Waals surface area contributed by atoms with Crippen molar-refractivity contribution in [2.45, 2.75) is 45.1 Å². The molecular formula is C25H30N4O5. The molecule has 0 saturated heterocycles. The second-order valence-electron chi connectivity index (χ2n) is 7.87. The summed E-state index contributed by atoms with van der Waals surface area (Å²) in [4.78, 5) is 36.0. The summed E-state index contributed by atoms with van der Waals surface area (Å²) in [7, 11) is 0. The molecule has 0 atom stereocenters. The van der Waals surface area contributed by atoms with Gasteiger partial charge in [0.05, 0.1) is 12.8 Å². The van der Waals surface area contributed by atoms with Crippen LogP contribution in [-0.4, -0.2) is 43.2 Å². The van der Waals surface area contributed by atoms with E-state index < -0.39 is 11.8 Å². The fourth-order valence-electron chi connectivity index (χ4n) is 3.52. The Bertz CT molecular complexity index is 983. The number of rotatable bonds is 9. The molecule has 9 nitrogen and oxygen atoms in total. The van der Waals surface area contributed by atoms with Crippen LogP contribution in [0.15, 0.2) is 53.6 Å². The number of hydrogen-bond donors (Lipinski definition) is 3. The van der Waals surface area contributed by atoms with E-state index in [9.17, 15) is 14.4 Å². The lowest BCUT2D eigenvalue weighted by atomic mass is 9.95. The van der Waals surface area contributed by atoms with Crippen LogP contribution < -0.4 is 25.5 Å². The number of carbonyl (C=O) groups excluding carboxylic acids is 3. The van der Waals surface area contributed by atoms with Gasteiger partial charge in [-0.25, -0.2) is 5.43 Å². The van der Waals surface area contributed by atoms with Crippen LogP contribution in [0.2, 0.25) is 0 Å². The van der Waals surface area contributed by atoms with E-state index in [1.54, 1.807) is 48.5 Å². The molecule has 34 heavy (non-hydrogen) atoms. The van der Waals surface area contributed by atoms with Crippen LogP contribution in [0.3, 0.4) is 0 Å². The lowest BCUT2D eigenvalue weighted by Crippen LogP contribution is -2.38. The highest BCUT2D eigenvalue weighted by atomic mass is 16.5. The van der Waals surface area contributed by atoms with Crippen molar-refractivity contribution < 1.29 is 23.9 Å². The van der Waals surface area contributed by atoms with Gasteiger partial charge in [0.1, 0.15) is 11.5 Å². The predicted molar refractivity (Wildman–Crippen MR) is 129 cm³/mol. The van der Waals surface area contributed by atoms with E-state index in [1.807, 2.05) is 6.92 Å². The fourth-order valence-corrected chi connectivity index (χ4v) is 3.52. The number of hydrogen-bond acceptors (Lipinski definition) is 6. The maximum atomic E-state index is 12.0. The van der Waals surface area contributed by atoms with E-state index in [-0.39, 0.29) is 18.6 Å². The number of benzene rings is 2. The predicted octanol–water partition coefficient (Wildman–Crippen LogP) is 3.00. The third-order valence-electron chi connectivity index (χ3n) is 5.23. The van der Waals surface area contributed by atoms with E-state index in [2.05, 4.69) is 21.2 Å². The SMILES string of the molecule is CCOc1ccc(NC(=O)C(=O)N/N=C\c2ccc(OCC(=O)NC3CCCCC3)cc2)cc1. The van der Waals surface area contributed by atoms with Gasteiger partial charge >= 0.3 is 11.8 Å². The maximum Gasteiger partial charge on any atom is 0.329 e. The Hall–Kier alpha value is -3.88. The van der Waals surface area contributed by atoms with Gasteiger partial charge in [0.25, 0.3) is 5.91 Å². The molecule has 1 aliphatic rings. The molecule has 3 rings (SSSR count). The number of hydrazone groups is 1. The topological polar surface area (TPSA) is 118 Å². The molecule has 2 aromatic carbocycles. The summed E-state index contributed by atoms with van der Waals surface area (Å²) in [6, 6.07) is 13.8. The molecule has 0 unspecified atom stereocenters. The van der Waals surface area contributed by atoms with E-state index in [0.29, 0.717) is 29.4 Å². The second-order valence-corrected chi connectivity index (χ2v) is 7.87. The van der Waals surface area contributed by atoms with Crippen molar-refractivity contribution in [2.75, 3.05) is 18.5 Å². The number of amides is 3. The van der Waals surface area contributed by atoms with Gasteiger partial charge in [-0.2, -0.15) is 5.10 Å². The zero-order valence-corrected chi connectivity index (χ0v) is 19.2. The molecule has 2 aromatic rings. The minimum atomic E-state index is -0.894. The number of carbonyl (C=O) groups is 3. The summed E-state index contributed by atoms with van der Waals surface area (Å²) < 4.78 is 10.9. The average Bonchev–Trinajstić information content (AvgIpc) is 2.85. The first kappa shape index (κ1) is 24.8. The molecule has 180 valence electrons. The van der Waals surface area contributed by atoms with Crippen molar-refractivity contribution in [3.05, 3.63) is 54.1 Å². The van der Waals surface area contributed by atoms with Crippen molar-refractivity contribution in [1.29, 1.82) is 0 Å². The van der Waals surface area contributed by atoms with Crippen molar-refractivity contribution in [3.63, 3.8) is 0 Å². The fraction of sp³-hybridized carbons (Fsp3) is 0.360. The Morgan fingerprint density at radius 1 is 0.912 bits per heavy atom. The lowest BCUT2D eigenvalue weighted by molar-refractivity contribution is -0.136. The zero-order valence-electron chi connectivity index (χ0n) is 19.2. The van der Waals surface area contributed by atoms with Crippen LogP contribution in [0.5, 0.6) is 11.5 Å². The molecule has 0 radical (unpaired) electrons. The summed E-state index contributed by atoms with van der Waals surface area (Å²) in [5.74, 6) is -0.627. The van der Waals surface area contributed by atoms with Gasteiger partial charge in [-0.05, 0) is 73.9 Å². The third-order valence-corrected chi connectivity index (χ3v) is 5.23. The van der Waals surface area contributed by atoms with Crippen LogP contribution >= 0.6 is 0 Å². The highest BCUT2D eigenvalue weighted by Gasteiger charge is 2.16. The molecule has 3 N–H and O–H groups in total. The van der Waals surface area contributed by atoms with Crippen molar-refractivity contribution in [1.82, 2.24) is 10.7 Å². The highest BCUT2D eigenvalue weighted by Crippen LogP contribution is 2.18. The Balaban J connectivity index is 1.38. The van der Waals surface area contributed by atoms with Crippen molar-refractivity contribution in [2.24, 2.45) is 5.10 Å². The van der Waals surface area contributed by atoms with Crippen LogP contribution in [0, 0.1) is 0 Å². The molecule has 1 aliphatic carbocycles. The van der Waals surface area contributed by atoms with Gasteiger partial charge < -0.3 is 20.1 Å². The van der Waals surface area contributed by atoms with E-state index in [4.69, 9.17) is 9.47 Å². The number of nitrogens with zero attached hydrogens (tertiary/aromatic N) is 1. The average molecular weight is 467 g/mol. The molecule has 0 aromatic heterocycles. The largest absolute Gasteiger partial charge is 0.494 e. The number of nitrogens with one attached hydrogen (secondary N) is 3. The molecule has 0 bridgehead atoms. The van der Waals surface area contributed by atoms with Gasteiger partial charge in [0.2, 0.25) is 0 Å². The Morgan fingerprint density at radius 2 is 1.56 bits per heavy atom. The molecule has 1 saturated carbocycles. The molecular weight excluding hydrogens is 436 g/mol. The van der Waals surface area contributed by atoms with E-state index in [0.717, 1.165) is 25.7 Å². The minimum Gasteiger partial charge on any atom is -0.494 e. The maximum absolute atomic E-state index is 12.0. The van der Waals surface area contributed by atoms with Crippen LogP contribution in [0.1, 0.15) is 44.6 Å². The van der Waals surface area contributed by atoms with E-state index in [1.165, 1.54) is 12.6 Å². The number of ether oxygens (including phenoxy) is 2.